The van der Waals surface area contributed by atoms with E-state index in [9.17, 15) is 14.9 Å². The molecule has 1 aliphatic heterocycles. The second-order valence-corrected chi connectivity index (χ2v) is 7.08. The largest absolute Gasteiger partial charge is 0.368 e. The number of benzene rings is 2. The smallest absolute Gasteiger partial charge is 0.273 e. The van der Waals surface area contributed by atoms with Crippen LogP contribution in [0.5, 0.6) is 0 Å². The lowest BCUT2D eigenvalue weighted by atomic mass is 10.1. The van der Waals surface area contributed by atoms with Crippen LogP contribution in [0.15, 0.2) is 36.4 Å². The van der Waals surface area contributed by atoms with Crippen molar-refractivity contribution in [2.45, 2.75) is 6.92 Å². The summed E-state index contributed by atoms with van der Waals surface area (Å²) >= 11 is 6.42. The standard InChI is InChI=1S/C19H21ClN4O3/c1-13-3-4-14(11-18(13)24(26)27)19(25)21-15-5-6-17(16(20)12-15)23-9-7-22(2)8-10-23/h3-6,11-12H,7-10H2,1-2H3,(H,21,25). The van der Waals surface area contributed by atoms with Crippen molar-refractivity contribution in [3.8, 4) is 0 Å². The molecule has 0 atom stereocenters. The summed E-state index contributed by atoms with van der Waals surface area (Å²) in [6, 6.07) is 9.80. The van der Waals surface area contributed by atoms with Gasteiger partial charge in [0.15, 0.2) is 0 Å². The third-order valence-electron chi connectivity index (χ3n) is 4.72. The molecule has 7 nitrogen and oxygen atoms in total. The molecule has 0 unspecified atom stereocenters. The average Bonchev–Trinajstić information content (AvgIpc) is 2.63. The fourth-order valence-electron chi connectivity index (χ4n) is 3.04. The SMILES string of the molecule is Cc1ccc(C(=O)Nc2ccc(N3CCN(C)CC3)c(Cl)c2)cc1[N+](=O)[O-]. The van der Waals surface area contributed by atoms with Gasteiger partial charge in [0.25, 0.3) is 11.6 Å². The highest BCUT2D eigenvalue weighted by Crippen LogP contribution is 2.30. The Hall–Kier alpha value is -2.64. The third kappa shape index (κ3) is 4.37. The van der Waals surface area contributed by atoms with Crippen LogP contribution in [-0.2, 0) is 0 Å². The molecule has 27 heavy (non-hydrogen) atoms. The van der Waals surface area contributed by atoms with Gasteiger partial charge in [-0.15, -0.1) is 0 Å². The Balaban J connectivity index is 1.74. The van der Waals surface area contributed by atoms with Gasteiger partial charge in [0, 0.05) is 49.1 Å². The minimum atomic E-state index is -0.492. The Kier molecular flexibility index (Phi) is 5.62. The number of carbonyl (C=O) groups excluding carboxylic acids is 1. The number of hydrogen-bond acceptors (Lipinski definition) is 5. The first-order chi connectivity index (χ1) is 12.8. The Labute approximate surface area is 162 Å². The van der Waals surface area contributed by atoms with Crippen molar-refractivity contribution in [2.75, 3.05) is 43.4 Å². The van der Waals surface area contributed by atoms with Crippen LogP contribution < -0.4 is 10.2 Å². The molecule has 1 amide bonds. The van der Waals surface area contributed by atoms with Crippen LogP contribution in [0.3, 0.4) is 0 Å². The molecule has 1 aliphatic rings. The molecule has 1 N–H and O–H groups in total. The topological polar surface area (TPSA) is 78.7 Å². The maximum absolute atomic E-state index is 12.4. The van der Waals surface area contributed by atoms with Crippen molar-refractivity contribution in [1.82, 2.24) is 4.90 Å². The van der Waals surface area contributed by atoms with Gasteiger partial charge in [-0.05, 0) is 38.2 Å². The van der Waals surface area contributed by atoms with E-state index in [1.807, 2.05) is 6.07 Å². The van der Waals surface area contributed by atoms with Crippen molar-refractivity contribution in [3.63, 3.8) is 0 Å². The molecule has 2 aromatic rings. The minimum Gasteiger partial charge on any atom is -0.368 e. The van der Waals surface area contributed by atoms with Gasteiger partial charge in [-0.1, -0.05) is 17.7 Å². The van der Waals surface area contributed by atoms with Crippen molar-refractivity contribution in [1.29, 1.82) is 0 Å². The fraction of sp³-hybridized carbons (Fsp3) is 0.316. The summed E-state index contributed by atoms with van der Waals surface area (Å²) in [4.78, 5) is 27.5. The summed E-state index contributed by atoms with van der Waals surface area (Å²) in [6.07, 6.45) is 0. The summed E-state index contributed by atoms with van der Waals surface area (Å²) < 4.78 is 0. The van der Waals surface area contributed by atoms with E-state index >= 15 is 0 Å². The Morgan fingerprint density at radius 2 is 1.85 bits per heavy atom. The highest BCUT2D eigenvalue weighted by Gasteiger charge is 2.18. The lowest BCUT2D eigenvalue weighted by molar-refractivity contribution is -0.385. The summed E-state index contributed by atoms with van der Waals surface area (Å²) in [5, 5.41) is 14.4. The highest BCUT2D eigenvalue weighted by atomic mass is 35.5. The summed E-state index contributed by atoms with van der Waals surface area (Å²) in [5.74, 6) is -0.415. The molecule has 142 valence electrons. The van der Waals surface area contributed by atoms with Gasteiger partial charge in [0.2, 0.25) is 0 Å². The van der Waals surface area contributed by atoms with Gasteiger partial charge < -0.3 is 15.1 Å². The van der Waals surface area contributed by atoms with Crippen LogP contribution in [0.2, 0.25) is 5.02 Å². The maximum Gasteiger partial charge on any atom is 0.273 e. The van der Waals surface area contributed by atoms with Crippen molar-refractivity contribution < 1.29 is 9.72 Å². The van der Waals surface area contributed by atoms with Crippen molar-refractivity contribution in [3.05, 3.63) is 62.7 Å². The number of carbonyl (C=O) groups is 1. The van der Waals surface area contributed by atoms with Gasteiger partial charge in [0.05, 0.1) is 15.6 Å². The van der Waals surface area contributed by atoms with Gasteiger partial charge in [-0.2, -0.15) is 0 Å². The van der Waals surface area contributed by atoms with Gasteiger partial charge in [-0.3, -0.25) is 14.9 Å². The molecule has 0 bridgehead atoms. The molecule has 0 saturated carbocycles. The minimum absolute atomic E-state index is 0.0777. The Bertz CT molecular complexity index is 879. The number of amides is 1. The number of nitro groups is 1. The van der Waals surface area contributed by atoms with Crippen LogP contribution in [-0.4, -0.2) is 49.0 Å². The zero-order chi connectivity index (χ0) is 19.6. The number of nitro benzene ring substituents is 1. The third-order valence-corrected chi connectivity index (χ3v) is 5.02. The quantitative estimate of drug-likeness (QED) is 0.640. The van der Waals surface area contributed by atoms with E-state index < -0.39 is 10.8 Å². The van der Waals surface area contributed by atoms with Gasteiger partial charge in [-0.25, -0.2) is 0 Å². The number of piperazine rings is 1. The van der Waals surface area contributed by atoms with E-state index in [2.05, 4.69) is 22.2 Å². The highest BCUT2D eigenvalue weighted by molar-refractivity contribution is 6.33. The van der Waals surface area contributed by atoms with Crippen LogP contribution >= 0.6 is 11.6 Å². The number of nitrogens with one attached hydrogen (secondary N) is 1. The molecule has 0 aromatic heterocycles. The van der Waals surface area contributed by atoms with E-state index in [0.717, 1.165) is 31.9 Å². The van der Waals surface area contributed by atoms with Crippen LogP contribution in [0, 0.1) is 17.0 Å². The summed E-state index contributed by atoms with van der Waals surface area (Å²) in [7, 11) is 2.09. The van der Waals surface area contributed by atoms with Crippen LogP contribution in [0.1, 0.15) is 15.9 Å². The Morgan fingerprint density at radius 1 is 1.15 bits per heavy atom. The predicted octanol–water partition coefficient (Wildman–Crippen LogP) is 3.56. The molecule has 1 fully saturated rings. The molecule has 1 saturated heterocycles. The summed E-state index contributed by atoms with van der Waals surface area (Å²) in [6.45, 7) is 5.38. The number of likely N-dealkylation sites (N-methyl/N-ethyl adjacent to an activating group) is 1. The second kappa shape index (κ2) is 7.94. The van der Waals surface area contributed by atoms with E-state index in [-0.39, 0.29) is 11.3 Å². The van der Waals surface area contributed by atoms with E-state index in [4.69, 9.17) is 11.6 Å². The monoisotopic (exact) mass is 388 g/mol. The van der Waals surface area contributed by atoms with Gasteiger partial charge in [0.1, 0.15) is 0 Å². The normalized spacial score (nSPS) is 14.9. The summed E-state index contributed by atoms with van der Waals surface area (Å²) in [5.41, 5.74) is 2.15. The molecular weight excluding hydrogens is 368 g/mol. The van der Waals surface area contributed by atoms with E-state index in [1.54, 1.807) is 31.2 Å². The predicted molar refractivity (Wildman–Crippen MR) is 107 cm³/mol. The fourth-order valence-corrected chi connectivity index (χ4v) is 3.34. The lowest BCUT2D eigenvalue weighted by Gasteiger charge is -2.34. The van der Waals surface area contributed by atoms with Crippen LogP contribution in [0.25, 0.3) is 0 Å². The van der Waals surface area contributed by atoms with E-state index in [0.29, 0.717) is 16.3 Å². The first kappa shape index (κ1) is 19.1. The molecule has 8 heteroatoms. The first-order valence-corrected chi connectivity index (χ1v) is 9.02. The molecule has 2 aromatic carbocycles. The van der Waals surface area contributed by atoms with Crippen molar-refractivity contribution in [2.24, 2.45) is 0 Å². The number of rotatable bonds is 4. The lowest BCUT2D eigenvalue weighted by Crippen LogP contribution is -2.44. The van der Waals surface area contributed by atoms with Crippen LogP contribution in [0.4, 0.5) is 17.1 Å². The second-order valence-electron chi connectivity index (χ2n) is 6.67. The molecule has 3 rings (SSSR count). The Morgan fingerprint density at radius 3 is 2.48 bits per heavy atom. The first-order valence-electron chi connectivity index (χ1n) is 8.64. The molecular formula is C19H21ClN4O3. The molecule has 1 heterocycles. The van der Waals surface area contributed by atoms with Gasteiger partial charge >= 0.3 is 0 Å². The van der Waals surface area contributed by atoms with Crippen molar-refractivity contribution >= 4 is 34.6 Å². The molecule has 0 aliphatic carbocycles. The maximum atomic E-state index is 12.4. The number of hydrogen-bond donors (Lipinski definition) is 1. The number of aryl methyl sites for hydroxylation is 1. The number of anilines is 2. The zero-order valence-electron chi connectivity index (χ0n) is 15.2. The molecule has 0 radical (unpaired) electrons. The van der Waals surface area contributed by atoms with E-state index in [1.165, 1.54) is 6.07 Å². The average molecular weight is 389 g/mol. The number of halogens is 1. The zero-order valence-corrected chi connectivity index (χ0v) is 16.0. The molecule has 0 spiro atoms. The number of nitrogens with zero attached hydrogens (tertiary/aromatic N) is 3.